The predicted octanol–water partition coefficient (Wildman–Crippen LogP) is 3.80. The number of nitrogens with two attached hydrogens (primary N) is 1. The van der Waals surface area contributed by atoms with Gasteiger partial charge in [0.15, 0.2) is 0 Å². The summed E-state index contributed by atoms with van der Waals surface area (Å²) in [7, 11) is 1.58. The Labute approximate surface area is 190 Å². The highest BCUT2D eigenvalue weighted by atomic mass is 35.5. The van der Waals surface area contributed by atoms with E-state index in [-0.39, 0.29) is 36.6 Å². The number of aromatic nitrogens is 2. The molecular formula is C21H21ClN6O4. The largest absolute Gasteiger partial charge is 0.497 e. The quantitative estimate of drug-likeness (QED) is 0.130. The summed E-state index contributed by atoms with van der Waals surface area (Å²) in [6.07, 6.45) is 1.54. The normalized spacial score (nSPS) is 10.7. The van der Waals surface area contributed by atoms with Crippen molar-refractivity contribution in [2.24, 2.45) is 10.7 Å². The maximum absolute atomic E-state index is 11.2. The van der Waals surface area contributed by atoms with Gasteiger partial charge >= 0.3 is 0 Å². The van der Waals surface area contributed by atoms with Gasteiger partial charge in [0.25, 0.3) is 11.6 Å². The second-order valence-electron chi connectivity index (χ2n) is 6.17. The molecule has 0 fully saturated rings. The molecule has 3 N–H and O–H groups in total. The van der Waals surface area contributed by atoms with Crippen LogP contribution < -0.4 is 16.0 Å². The molecule has 0 unspecified atom stereocenters. The fourth-order valence-corrected chi connectivity index (χ4v) is 2.63. The number of hydroxylamine groups is 1. The number of methoxy groups -OCH3 is 1. The van der Waals surface area contributed by atoms with Gasteiger partial charge in [0, 0.05) is 23.3 Å². The van der Waals surface area contributed by atoms with E-state index in [2.05, 4.69) is 27.0 Å². The van der Waals surface area contributed by atoms with Crippen molar-refractivity contribution in [2.75, 3.05) is 13.7 Å². The highest BCUT2D eigenvalue weighted by Gasteiger charge is 2.12. The third kappa shape index (κ3) is 6.24. The standard InChI is InChI=1S/C21H20N6O4.ClH/c1-3-11-31-26-20(22)25-21-23-18(14-7-9-17(30-2)10-8-14)13-19(24-21)15-5-4-6-16(12-15)27(28)29;/h3-10,12-13H,1,11H2,2H3,(H3,22,23,24,25,26);1H. The SMILES string of the molecule is C=CCONC(N)=Nc1nc(-c2ccc(OC)cc2)cc(-c2cccc([N+](=O)[O-])c2)n1.Cl. The van der Waals surface area contributed by atoms with Crippen molar-refractivity contribution in [1.29, 1.82) is 0 Å². The van der Waals surface area contributed by atoms with Gasteiger partial charge in [-0.05, 0) is 30.3 Å². The van der Waals surface area contributed by atoms with Crippen molar-refractivity contribution >= 4 is 30.0 Å². The summed E-state index contributed by atoms with van der Waals surface area (Å²) in [5.74, 6) is 0.698. The number of aliphatic imine (C=N–C) groups is 1. The maximum atomic E-state index is 11.2. The average Bonchev–Trinajstić information content (AvgIpc) is 2.79. The third-order valence-corrected chi connectivity index (χ3v) is 4.05. The molecule has 10 nitrogen and oxygen atoms in total. The zero-order chi connectivity index (χ0) is 22.2. The lowest BCUT2D eigenvalue weighted by atomic mass is 10.1. The van der Waals surface area contributed by atoms with Crippen LogP contribution in [0.4, 0.5) is 11.6 Å². The number of nitro benzene ring substituents is 1. The van der Waals surface area contributed by atoms with Gasteiger partial charge in [0.1, 0.15) is 5.75 Å². The molecule has 1 heterocycles. The number of nitrogens with one attached hydrogen (secondary N) is 1. The molecule has 0 atom stereocenters. The number of hydrogen-bond acceptors (Lipinski definition) is 7. The molecule has 0 amide bonds. The van der Waals surface area contributed by atoms with Gasteiger partial charge in [-0.3, -0.25) is 15.0 Å². The van der Waals surface area contributed by atoms with Crippen molar-refractivity contribution in [3.63, 3.8) is 0 Å². The van der Waals surface area contributed by atoms with E-state index in [1.54, 1.807) is 43.5 Å². The third-order valence-electron chi connectivity index (χ3n) is 4.05. The van der Waals surface area contributed by atoms with E-state index in [9.17, 15) is 10.1 Å². The van der Waals surface area contributed by atoms with Crippen molar-refractivity contribution in [1.82, 2.24) is 15.4 Å². The molecule has 0 bridgehead atoms. The smallest absolute Gasteiger partial charge is 0.270 e. The van der Waals surface area contributed by atoms with Crippen LogP contribution in [-0.2, 0) is 4.84 Å². The van der Waals surface area contributed by atoms with E-state index in [0.717, 1.165) is 5.56 Å². The van der Waals surface area contributed by atoms with Gasteiger partial charge in [0.2, 0.25) is 5.96 Å². The van der Waals surface area contributed by atoms with Gasteiger partial charge in [-0.2, -0.15) is 4.99 Å². The van der Waals surface area contributed by atoms with Crippen molar-refractivity contribution in [2.45, 2.75) is 0 Å². The fraction of sp³-hybridized carbons (Fsp3) is 0.0952. The van der Waals surface area contributed by atoms with E-state index in [1.165, 1.54) is 12.1 Å². The van der Waals surface area contributed by atoms with Crippen LogP contribution in [0, 0.1) is 10.1 Å². The second-order valence-corrected chi connectivity index (χ2v) is 6.17. The molecule has 0 aliphatic rings. The summed E-state index contributed by atoms with van der Waals surface area (Å²) in [5.41, 5.74) is 10.5. The number of rotatable bonds is 8. The number of ether oxygens (including phenoxy) is 1. The first-order valence-electron chi connectivity index (χ1n) is 9.11. The Kier molecular flexibility index (Phi) is 8.63. The number of guanidine groups is 1. The number of nitro groups is 1. The van der Waals surface area contributed by atoms with Crippen LogP contribution in [-0.4, -0.2) is 34.6 Å². The van der Waals surface area contributed by atoms with Crippen LogP contribution in [0.1, 0.15) is 0 Å². The zero-order valence-electron chi connectivity index (χ0n) is 17.1. The first kappa shape index (κ1) is 24.3. The first-order valence-corrected chi connectivity index (χ1v) is 9.11. The molecule has 0 saturated heterocycles. The van der Waals surface area contributed by atoms with Crippen molar-refractivity contribution < 1.29 is 14.5 Å². The monoisotopic (exact) mass is 456 g/mol. The zero-order valence-corrected chi connectivity index (χ0v) is 17.9. The minimum atomic E-state index is -0.465. The van der Waals surface area contributed by atoms with Gasteiger partial charge < -0.3 is 10.5 Å². The molecule has 3 rings (SSSR count). The van der Waals surface area contributed by atoms with Crippen LogP contribution in [0.25, 0.3) is 22.5 Å². The summed E-state index contributed by atoms with van der Waals surface area (Å²) in [4.78, 5) is 28.7. The predicted molar refractivity (Wildman–Crippen MR) is 124 cm³/mol. The van der Waals surface area contributed by atoms with Crippen molar-refractivity contribution in [3.05, 3.63) is 77.4 Å². The Morgan fingerprint density at radius 3 is 2.50 bits per heavy atom. The maximum Gasteiger partial charge on any atom is 0.270 e. The van der Waals surface area contributed by atoms with Crippen LogP contribution in [0.5, 0.6) is 5.75 Å². The van der Waals surface area contributed by atoms with E-state index in [4.69, 9.17) is 15.3 Å². The van der Waals surface area contributed by atoms with E-state index in [0.29, 0.717) is 22.7 Å². The van der Waals surface area contributed by atoms with E-state index in [1.807, 2.05) is 12.1 Å². The van der Waals surface area contributed by atoms with Gasteiger partial charge in [-0.1, -0.05) is 18.2 Å². The Hall–Kier alpha value is -4.02. The minimum Gasteiger partial charge on any atom is -0.497 e. The Balaban J connectivity index is 0.00000363. The number of benzene rings is 2. The Bertz CT molecular complexity index is 1120. The van der Waals surface area contributed by atoms with Gasteiger partial charge in [-0.25, -0.2) is 15.4 Å². The van der Waals surface area contributed by atoms with Crippen LogP contribution >= 0.6 is 12.4 Å². The molecule has 3 aromatic rings. The first-order chi connectivity index (χ1) is 15.0. The lowest BCUT2D eigenvalue weighted by Crippen LogP contribution is -2.31. The second kappa shape index (κ2) is 11.4. The molecule has 0 aliphatic carbocycles. The molecular weight excluding hydrogens is 436 g/mol. The number of halogens is 1. The van der Waals surface area contributed by atoms with Crippen molar-refractivity contribution in [3.8, 4) is 28.3 Å². The molecule has 32 heavy (non-hydrogen) atoms. The van der Waals surface area contributed by atoms with Crippen LogP contribution in [0.15, 0.2) is 72.2 Å². The summed E-state index contributed by atoms with van der Waals surface area (Å²) < 4.78 is 5.19. The van der Waals surface area contributed by atoms with E-state index < -0.39 is 4.92 Å². The number of nitrogens with zero attached hydrogens (tertiary/aromatic N) is 4. The highest BCUT2D eigenvalue weighted by molar-refractivity contribution is 5.85. The molecule has 0 spiro atoms. The Morgan fingerprint density at radius 2 is 1.88 bits per heavy atom. The van der Waals surface area contributed by atoms with E-state index >= 15 is 0 Å². The molecule has 0 radical (unpaired) electrons. The van der Waals surface area contributed by atoms with Crippen LogP contribution in [0.3, 0.4) is 0 Å². The topological polar surface area (TPSA) is 138 Å². The summed E-state index contributed by atoms with van der Waals surface area (Å²) in [6.45, 7) is 3.76. The van der Waals surface area contributed by atoms with Gasteiger partial charge in [0.05, 0.1) is 30.0 Å². The fourth-order valence-electron chi connectivity index (χ4n) is 2.63. The lowest BCUT2D eigenvalue weighted by molar-refractivity contribution is -0.384. The summed E-state index contributed by atoms with van der Waals surface area (Å²) in [5, 5.41) is 11.2. The highest BCUT2D eigenvalue weighted by Crippen LogP contribution is 2.29. The lowest BCUT2D eigenvalue weighted by Gasteiger charge is -2.08. The van der Waals surface area contributed by atoms with Gasteiger partial charge in [-0.15, -0.1) is 19.0 Å². The number of hydrogen-bond donors (Lipinski definition) is 2. The summed E-state index contributed by atoms with van der Waals surface area (Å²) >= 11 is 0. The summed E-state index contributed by atoms with van der Waals surface area (Å²) in [6, 6.07) is 15.1. The molecule has 0 aliphatic heterocycles. The average molecular weight is 457 g/mol. The van der Waals surface area contributed by atoms with Crippen LogP contribution in [0.2, 0.25) is 0 Å². The molecule has 1 aromatic heterocycles. The molecule has 166 valence electrons. The molecule has 0 saturated carbocycles. The molecule has 11 heteroatoms. The number of non-ortho nitro benzene ring substituents is 1. The molecule has 2 aromatic carbocycles. The Morgan fingerprint density at radius 1 is 1.19 bits per heavy atom. The minimum absolute atomic E-state index is 0.